The molecule has 3 rings (SSSR count). The molecule has 1 aromatic carbocycles. The minimum Gasteiger partial charge on any atom is -0.326 e. The van der Waals surface area contributed by atoms with E-state index >= 15 is 0 Å². The number of carbonyl (C=O) groups is 2. The number of carbonyl (C=O) groups excluding carboxylic acids is 2. The Bertz CT molecular complexity index is 587. The number of hydrogen-bond acceptors (Lipinski definition) is 2. The van der Waals surface area contributed by atoms with Crippen molar-refractivity contribution in [1.29, 1.82) is 0 Å². The number of halogens is 1. The SMILES string of the molecule is O=C(Nc1cccc(Cl)c1)[C@H]1CCCN(C(=O)N2CCCC2)C1. The zero-order chi connectivity index (χ0) is 16.2. The number of hydrogen-bond donors (Lipinski definition) is 1. The number of benzene rings is 1. The summed E-state index contributed by atoms with van der Waals surface area (Å²) in [6, 6.07) is 7.22. The Balaban J connectivity index is 1.59. The fourth-order valence-electron chi connectivity index (χ4n) is 3.28. The van der Waals surface area contributed by atoms with Gasteiger partial charge in [-0.15, -0.1) is 0 Å². The van der Waals surface area contributed by atoms with E-state index < -0.39 is 0 Å². The predicted molar refractivity (Wildman–Crippen MR) is 90.6 cm³/mol. The van der Waals surface area contributed by atoms with Gasteiger partial charge in [0.1, 0.15) is 0 Å². The summed E-state index contributed by atoms with van der Waals surface area (Å²) >= 11 is 5.94. The topological polar surface area (TPSA) is 52.7 Å². The van der Waals surface area contributed by atoms with E-state index in [-0.39, 0.29) is 17.9 Å². The fraction of sp³-hybridized carbons (Fsp3) is 0.529. The molecule has 3 amide bonds. The van der Waals surface area contributed by atoms with Crippen LogP contribution in [0.3, 0.4) is 0 Å². The van der Waals surface area contributed by atoms with Crippen LogP contribution in [0.25, 0.3) is 0 Å². The second-order valence-corrected chi connectivity index (χ2v) is 6.70. The van der Waals surface area contributed by atoms with E-state index in [2.05, 4.69) is 5.32 Å². The van der Waals surface area contributed by atoms with Gasteiger partial charge in [0.25, 0.3) is 0 Å². The molecule has 0 spiro atoms. The summed E-state index contributed by atoms with van der Waals surface area (Å²) in [5, 5.41) is 3.50. The lowest BCUT2D eigenvalue weighted by molar-refractivity contribution is -0.121. The summed E-state index contributed by atoms with van der Waals surface area (Å²) in [6.45, 7) is 2.93. The molecule has 0 aromatic heterocycles. The van der Waals surface area contributed by atoms with Crippen molar-refractivity contribution in [3.05, 3.63) is 29.3 Å². The van der Waals surface area contributed by atoms with Crippen LogP contribution in [0.4, 0.5) is 10.5 Å². The van der Waals surface area contributed by atoms with E-state index in [9.17, 15) is 9.59 Å². The van der Waals surface area contributed by atoms with Crippen molar-refractivity contribution in [2.24, 2.45) is 5.92 Å². The van der Waals surface area contributed by atoms with Crippen molar-refractivity contribution in [3.63, 3.8) is 0 Å². The van der Waals surface area contributed by atoms with E-state index in [4.69, 9.17) is 11.6 Å². The van der Waals surface area contributed by atoms with E-state index in [0.717, 1.165) is 45.3 Å². The average molecular weight is 336 g/mol. The summed E-state index contributed by atoms with van der Waals surface area (Å²) < 4.78 is 0. The van der Waals surface area contributed by atoms with Crippen LogP contribution in [0.5, 0.6) is 0 Å². The Morgan fingerprint density at radius 3 is 2.57 bits per heavy atom. The van der Waals surface area contributed by atoms with Gasteiger partial charge in [-0.3, -0.25) is 4.79 Å². The number of rotatable bonds is 2. The molecule has 2 heterocycles. The summed E-state index contributed by atoms with van der Waals surface area (Å²) in [4.78, 5) is 28.7. The molecular weight excluding hydrogens is 314 g/mol. The van der Waals surface area contributed by atoms with Crippen molar-refractivity contribution in [2.45, 2.75) is 25.7 Å². The average Bonchev–Trinajstić information content (AvgIpc) is 3.09. The Labute approximate surface area is 141 Å². The van der Waals surface area contributed by atoms with Crippen molar-refractivity contribution in [1.82, 2.24) is 9.80 Å². The molecule has 0 saturated carbocycles. The molecule has 1 atom stereocenters. The minimum absolute atomic E-state index is 0.0359. The Morgan fingerprint density at radius 1 is 1.09 bits per heavy atom. The Morgan fingerprint density at radius 2 is 1.83 bits per heavy atom. The van der Waals surface area contributed by atoms with Crippen molar-refractivity contribution in [3.8, 4) is 0 Å². The molecular formula is C17H22ClN3O2. The molecule has 124 valence electrons. The zero-order valence-electron chi connectivity index (χ0n) is 13.1. The highest BCUT2D eigenvalue weighted by atomic mass is 35.5. The summed E-state index contributed by atoms with van der Waals surface area (Å²) in [7, 11) is 0. The summed E-state index contributed by atoms with van der Waals surface area (Å²) in [6.07, 6.45) is 3.85. The van der Waals surface area contributed by atoms with Gasteiger partial charge in [0.2, 0.25) is 5.91 Å². The third-order valence-corrected chi connectivity index (χ3v) is 4.77. The lowest BCUT2D eigenvalue weighted by Crippen LogP contribution is -2.48. The van der Waals surface area contributed by atoms with Gasteiger partial charge in [-0.25, -0.2) is 4.79 Å². The lowest BCUT2D eigenvalue weighted by atomic mass is 9.97. The standard InChI is InChI=1S/C17H22ClN3O2/c18-14-6-3-7-15(11-14)19-16(22)13-5-4-10-21(12-13)17(23)20-8-1-2-9-20/h3,6-7,11,13H,1-2,4-5,8-10,12H2,(H,19,22)/t13-/m0/s1. The van der Waals surface area contributed by atoms with Gasteiger partial charge < -0.3 is 15.1 Å². The van der Waals surface area contributed by atoms with Crippen LogP contribution in [-0.4, -0.2) is 47.9 Å². The fourth-order valence-corrected chi connectivity index (χ4v) is 3.47. The van der Waals surface area contributed by atoms with Crippen LogP contribution in [0.15, 0.2) is 24.3 Å². The monoisotopic (exact) mass is 335 g/mol. The van der Waals surface area contributed by atoms with Crippen LogP contribution in [0.2, 0.25) is 5.02 Å². The molecule has 2 fully saturated rings. The number of urea groups is 1. The molecule has 1 N–H and O–H groups in total. The Hall–Kier alpha value is -1.75. The normalized spacial score (nSPS) is 21.3. The minimum atomic E-state index is -0.158. The number of nitrogens with zero attached hydrogens (tertiary/aromatic N) is 2. The highest BCUT2D eigenvalue weighted by Crippen LogP contribution is 2.22. The summed E-state index contributed by atoms with van der Waals surface area (Å²) in [5.74, 6) is -0.194. The molecule has 2 saturated heterocycles. The molecule has 2 aliphatic rings. The van der Waals surface area contributed by atoms with E-state index in [1.54, 1.807) is 12.1 Å². The summed E-state index contributed by atoms with van der Waals surface area (Å²) in [5.41, 5.74) is 0.700. The molecule has 1 aromatic rings. The van der Waals surface area contributed by atoms with E-state index in [1.165, 1.54) is 0 Å². The molecule has 5 nitrogen and oxygen atoms in total. The van der Waals surface area contributed by atoms with Crippen molar-refractivity contribution >= 4 is 29.2 Å². The first-order chi connectivity index (χ1) is 11.1. The molecule has 0 unspecified atom stereocenters. The van der Waals surface area contributed by atoms with Gasteiger partial charge in [0, 0.05) is 36.9 Å². The van der Waals surface area contributed by atoms with Crippen LogP contribution >= 0.6 is 11.6 Å². The van der Waals surface area contributed by atoms with Gasteiger partial charge >= 0.3 is 6.03 Å². The molecule has 0 radical (unpaired) electrons. The first-order valence-electron chi connectivity index (χ1n) is 8.24. The van der Waals surface area contributed by atoms with E-state index in [1.807, 2.05) is 21.9 Å². The van der Waals surface area contributed by atoms with Gasteiger partial charge in [0.05, 0.1) is 5.92 Å². The van der Waals surface area contributed by atoms with E-state index in [0.29, 0.717) is 17.3 Å². The predicted octanol–water partition coefficient (Wildman–Crippen LogP) is 3.21. The zero-order valence-corrected chi connectivity index (χ0v) is 13.9. The molecule has 2 aliphatic heterocycles. The Kier molecular flexibility index (Phi) is 5.06. The maximum atomic E-state index is 12.5. The van der Waals surface area contributed by atoms with Gasteiger partial charge in [-0.1, -0.05) is 17.7 Å². The quantitative estimate of drug-likeness (QED) is 0.902. The van der Waals surface area contributed by atoms with Crippen LogP contribution in [0.1, 0.15) is 25.7 Å². The maximum absolute atomic E-state index is 12.5. The third-order valence-electron chi connectivity index (χ3n) is 4.53. The molecule has 6 heteroatoms. The third kappa shape index (κ3) is 3.96. The number of nitrogens with one attached hydrogen (secondary N) is 1. The lowest BCUT2D eigenvalue weighted by Gasteiger charge is -2.34. The number of amides is 3. The second-order valence-electron chi connectivity index (χ2n) is 6.26. The number of likely N-dealkylation sites (tertiary alicyclic amines) is 2. The molecule has 23 heavy (non-hydrogen) atoms. The molecule has 0 bridgehead atoms. The van der Waals surface area contributed by atoms with Crippen molar-refractivity contribution < 1.29 is 9.59 Å². The second kappa shape index (κ2) is 7.21. The maximum Gasteiger partial charge on any atom is 0.320 e. The smallest absolute Gasteiger partial charge is 0.320 e. The van der Waals surface area contributed by atoms with Gasteiger partial charge in [-0.05, 0) is 43.9 Å². The molecule has 0 aliphatic carbocycles. The highest BCUT2D eigenvalue weighted by Gasteiger charge is 2.31. The highest BCUT2D eigenvalue weighted by molar-refractivity contribution is 6.30. The number of anilines is 1. The van der Waals surface area contributed by atoms with Crippen LogP contribution in [0, 0.1) is 5.92 Å². The van der Waals surface area contributed by atoms with Crippen LogP contribution < -0.4 is 5.32 Å². The first-order valence-corrected chi connectivity index (χ1v) is 8.61. The number of piperidine rings is 1. The van der Waals surface area contributed by atoms with Crippen LogP contribution in [-0.2, 0) is 4.79 Å². The first kappa shape index (κ1) is 16.1. The van der Waals surface area contributed by atoms with Gasteiger partial charge in [-0.2, -0.15) is 0 Å². The largest absolute Gasteiger partial charge is 0.326 e. The van der Waals surface area contributed by atoms with Crippen molar-refractivity contribution in [2.75, 3.05) is 31.5 Å². The van der Waals surface area contributed by atoms with Gasteiger partial charge in [0.15, 0.2) is 0 Å².